The molecule has 1 aromatic heterocycles. The first-order valence-electron chi connectivity index (χ1n) is 8.86. The van der Waals surface area contributed by atoms with Crippen molar-refractivity contribution in [2.24, 2.45) is 5.92 Å². The first-order chi connectivity index (χ1) is 11.0. The third kappa shape index (κ3) is 3.06. The molecule has 124 valence electrons. The van der Waals surface area contributed by atoms with Crippen molar-refractivity contribution in [3.63, 3.8) is 0 Å². The van der Waals surface area contributed by atoms with Crippen molar-refractivity contribution >= 4 is 5.91 Å². The van der Waals surface area contributed by atoms with Gasteiger partial charge < -0.3 is 9.64 Å². The summed E-state index contributed by atoms with van der Waals surface area (Å²) in [5.41, 5.74) is 1.28. The standard InChI is InChI=1S/C18H25N3O2/c1-18(2)8-3-9-21(18)17(22)14-10-19-15(13-6-7-13)16(20-14)23-11-12-4-5-12/h10,12-13H,3-9,11H2,1-2H3. The molecule has 0 radical (unpaired) electrons. The minimum absolute atomic E-state index is 0.0152. The number of carbonyl (C=O) groups excluding carboxylic acids is 1. The molecule has 2 aliphatic carbocycles. The molecule has 1 amide bonds. The molecule has 0 aromatic carbocycles. The Kier molecular flexibility index (Phi) is 3.54. The Balaban J connectivity index is 1.57. The number of nitrogens with zero attached hydrogens (tertiary/aromatic N) is 3. The van der Waals surface area contributed by atoms with Crippen molar-refractivity contribution in [3.8, 4) is 5.88 Å². The molecule has 0 spiro atoms. The highest BCUT2D eigenvalue weighted by Crippen LogP contribution is 2.43. The zero-order valence-corrected chi connectivity index (χ0v) is 14.0. The number of amides is 1. The van der Waals surface area contributed by atoms with Crippen molar-refractivity contribution in [1.29, 1.82) is 0 Å². The quantitative estimate of drug-likeness (QED) is 0.837. The fourth-order valence-corrected chi connectivity index (χ4v) is 3.33. The van der Waals surface area contributed by atoms with Crippen molar-refractivity contribution in [3.05, 3.63) is 17.6 Å². The van der Waals surface area contributed by atoms with Crippen molar-refractivity contribution in [1.82, 2.24) is 14.9 Å². The van der Waals surface area contributed by atoms with Crippen LogP contribution in [-0.2, 0) is 0 Å². The SMILES string of the molecule is CC1(C)CCCN1C(=O)c1cnc(C2CC2)c(OCC2CC2)n1. The molecule has 0 N–H and O–H groups in total. The number of carbonyl (C=O) groups is 1. The van der Waals surface area contributed by atoms with Crippen LogP contribution in [0.3, 0.4) is 0 Å². The maximum Gasteiger partial charge on any atom is 0.274 e. The minimum Gasteiger partial charge on any atom is -0.476 e. The fourth-order valence-electron chi connectivity index (χ4n) is 3.33. The highest BCUT2D eigenvalue weighted by Gasteiger charge is 2.37. The van der Waals surface area contributed by atoms with E-state index < -0.39 is 0 Å². The molecule has 0 atom stereocenters. The average molecular weight is 315 g/mol. The summed E-state index contributed by atoms with van der Waals surface area (Å²) in [4.78, 5) is 23.9. The predicted molar refractivity (Wildman–Crippen MR) is 86.6 cm³/mol. The Hall–Kier alpha value is -1.65. The normalized spacial score (nSPS) is 23.1. The van der Waals surface area contributed by atoms with Crippen molar-refractivity contribution in [2.45, 2.75) is 63.8 Å². The van der Waals surface area contributed by atoms with Gasteiger partial charge >= 0.3 is 0 Å². The second kappa shape index (κ2) is 5.46. The lowest BCUT2D eigenvalue weighted by atomic mass is 10.0. The van der Waals surface area contributed by atoms with Crippen LogP contribution in [0.2, 0.25) is 0 Å². The largest absolute Gasteiger partial charge is 0.476 e. The molecule has 2 heterocycles. The number of aromatic nitrogens is 2. The van der Waals surface area contributed by atoms with Gasteiger partial charge in [0.15, 0.2) is 5.69 Å². The van der Waals surface area contributed by atoms with Gasteiger partial charge in [-0.15, -0.1) is 0 Å². The van der Waals surface area contributed by atoms with E-state index in [1.807, 2.05) is 4.90 Å². The summed E-state index contributed by atoms with van der Waals surface area (Å²) < 4.78 is 5.92. The maximum atomic E-state index is 12.8. The molecule has 0 bridgehead atoms. The number of rotatable bonds is 5. The van der Waals surface area contributed by atoms with Crippen LogP contribution < -0.4 is 4.74 Å². The van der Waals surface area contributed by atoms with Crippen LogP contribution in [0, 0.1) is 5.92 Å². The Bertz CT molecular complexity index is 621. The summed E-state index contributed by atoms with van der Waals surface area (Å²) in [5, 5.41) is 0. The third-order valence-electron chi connectivity index (χ3n) is 5.25. The molecule has 1 saturated heterocycles. The Morgan fingerprint density at radius 2 is 2.13 bits per heavy atom. The summed E-state index contributed by atoms with van der Waals surface area (Å²) in [6, 6.07) is 0. The van der Waals surface area contributed by atoms with E-state index in [1.165, 1.54) is 12.8 Å². The lowest BCUT2D eigenvalue weighted by Crippen LogP contribution is -2.43. The molecule has 2 saturated carbocycles. The molecule has 1 aliphatic heterocycles. The summed E-state index contributed by atoms with van der Waals surface area (Å²) >= 11 is 0. The van der Waals surface area contributed by atoms with Gasteiger partial charge in [0.2, 0.25) is 5.88 Å². The number of likely N-dealkylation sites (tertiary alicyclic amines) is 1. The van der Waals surface area contributed by atoms with Crippen LogP contribution in [0.4, 0.5) is 0 Å². The highest BCUT2D eigenvalue weighted by atomic mass is 16.5. The number of hydrogen-bond donors (Lipinski definition) is 0. The van der Waals surface area contributed by atoms with Gasteiger partial charge in [0.1, 0.15) is 5.69 Å². The topological polar surface area (TPSA) is 55.3 Å². The Labute approximate surface area is 137 Å². The second-order valence-corrected chi connectivity index (χ2v) is 7.85. The Morgan fingerprint density at radius 3 is 2.74 bits per heavy atom. The van der Waals surface area contributed by atoms with Crippen LogP contribution >= 0.6 is 0 Å². The first kappa shape index (κ1) is 14.9. The zero-order valence-electron chi connectivity index (χ0n) is 14.0. The number of hydrogen-bond acceptors (Lipinski definition) is 4. The monoisotopic (exact) mass is 315 g/mol. The van der Waals surface area contributed by atoms with Crippen LogP contribution in [-0.4, -0.2) is 39.5 Å². The van der Waals surface area contributed by atoms with Crippen LogP contribution in [0.25, 0.3) is 0 Å². The zero-order chi connectivity index (χ0) is 16.0. The molecule has 4 rings (SSSR count). The van der Waals surface area contributed by atoms with Gasteiger partial charge in [0.05, 0.1) is 12.8 Å². The molecule has 5 nitrogen and oxygen atoms in total. The predicted octanol–water partition coefficient (Wildman–Crippen LogP) is 3.16. The molecule has 3 aliphatic rings. The smallest absolute Gasteiger partial charge is 0.274 e. The van der Waals surface area contributed by atoms with E-state index in [2.05, 4.69) is 23.8 Å². The lowest BCUT2D eigenvalue weighted by Gasteiger charge is -2.31. The van der Waals surface area contributed by atoms with E-state index in [0.29, 0.717) is 30.0 Å². The molecular weight excluding hydrogens is 290 g/mol. The number of ether oxygens (including phenoxy) is 1. The second-order valence-electron chi connectivity index (χ2n) is 7.85. The highest BCUT2D eigenvalue weighted by molar-refractivity contribution is 5.93. The van der Waals surface area contributed by atoms with E-state index >= 15 is 0 Å². The molecular formula is C18H25N3O2. The summed E-state index contributed by atoms with van der Waals surface area (Å²) in [7, 11) is 0. The first-order valence-corrected chi connectivity index (χ1v) is 8.86. The summed E-state index contributed by atoms with van der Waals surface area (Å²) in [6.45, 7) is 5.75. The van der Waals surface area contributed by atoms with Gasteiger partial charge in [0.25, 0.3) is 5.91 Å². The van der Waals surface area contributed by atoms with Crippen molar-refractivity contribution < 1.29 is 9.53 Å². The van der Waals surface area contributed by atoms with Gasteiger partial charge in [-0.3, -0.25) is 9.78 Å². The van der Waals surface area contributed by atoms with E-state index in [4.69, 9.17) is 4.74 Å². The minimum atomic E-state index is -0.0943. The lowest BCUT2D eigenvalue weighted by molar-refractivity contribution is 0.0644. The van der Waals surface area contributed by atoms with Gasteiger partial charge in [-0.25, -0.2) is 4.98 Å². The molecule has 5 heteroatoms. The Morgan fingerprint density at radius 1 is 1.35 bits per heavy atom. The van der Waals surface area contributed by atoms with Gasteiger partial charge in [0, 0.05) is 18.0 Å². The van der Waals surface area contributed by atoms with Gasteiger partial charge in [-0.2, -0.15) is 0 Å². The molecule has 23 heavy (non-hydrogen) atoms. The van der Waals surface area contributed by atoms with Crippen LogP contribution in [0.5, 0.6) is 5.88 Å². The van der Waals surface area contributed by atoms with E-state index in [1.54, 1.807) is 6.20 Å². The van der Waals surface area contributed by atoms with Crippen molar-refractivity contribution in [2.75, 3.05) is 13.2 Å². The van der Waals surface area contributed by atoms with E-state index in [-0.39, 0.29) is 11.4 Å². The van der Waals surface area contributed by atoms with E-state index in [0.717, 1.165) is 37.9 Å². The van der Waals surface area contributed by atoms with Gasteiger partial charge in [-0.1, -0.05) is 0 Å². The average Bonchev–Trinajstić information content (AvgIpc) is 3.43. The molecule has 3 fully saturated rings. The summed E-state index contributed by atoms with van der Waals surface area (Å²) in [6.07, 6.45) is 8.53. The van der Waals surface area contributed by atoms with Crippen LogP contribution in [0.15, 0.2) is 6.20 Å². The maximum absolute atomic E-state index is 12.8. The summed E-state index contributed by atoms with van der Waals surface area (Å²) in [5.74, 6) is 1.73. The van der Waals surface area contributed by atoms with Crippen LogP contribution in [0.1, 0.15) is 74.5 Å². The third-order valence-corrected chi connectivity index (χ3v) is 5.25. The fraction of sp³-hybridized carbons (Fsp3) is 0.722. The molecule has 0 unspecified atom stereocenters. The van der Waals surface area contributed by atoms with E-state index in [9.17, 15) is 4.79 Å². The van der Waals surface area contributed by atoms with Gasteiger partial charge in [-0.05, 0) is 58.3 Å². The molecule has 1 aromatic rings.